The molecule has 110 valence electrons. The number of ether oxygens (including phenoxy) is 1. The van der Waals surface area contributed by atoms with Crippen LogP contribution in [0.1, 0.15) is 5.69 Å². The second kappa shape index (κ2) is 6.73. The van der Waals surface area contributed by atoms with Crippen molar-refractivity contribution in [2.24, 2.45) is 0 Å². The van der Waals surface area contributed by atoms with E-state index in [0.29, 0.717) is 16.5 Å². The van der Waals surface area contributed by atoms with Gasteiger partial charge in [-0.15, -0.1) is 11.3 Å². The molecule has 0 atom stereocenters. The number of benzene rings is 2. The summed E-state index contributed by atoms with van der Waals surface area (Å²) in [6.45, 7) is 0. The van der Waals surface area contributed by atoms with E-state index in [2.05, 4.69) is 4.98 Å². The Hall–Kier alpha value is -2.17. The van der Waals surface area contributed by atoms with Gasteiger partial charge in [0, 0.05) is 16.0 Å². The average Bonchev–Trinajstić information content (AvgIpc) is 2.96. The van der Waals surface area contributed by atoms with E-state index in [-0.39, 0.29) is 12.4 Å². The molecule has 0 aliphatic carbocycles. The van der Waals surface area contributed by atoms with Gasteiger partial charge < -0.3 is 4.74 Å². The normalized spacial score (nSPS) is 10.4. The molecule has 0 fully saturated rings. The lowest BCUT2D eigenvalue weighted by atomic mass is 10.2. The lowest BCUT2D eigenvalue weighted by Gasteiger charge is -2.03. The molecule has 2 aromatic carbocycles. The van der Waals surface area contributed by atoms with E-state index in [4.69, 9.17) is 16.3 Å². The number of nitrogens with zero attached hydrogens (tertiary/aromatic N) is 1. The van der Waals surface area contributed by atoms with Crippen LogP contribution in [0.4, 0.5) is 0 Å². The smallest absolute Gasteiger partial charge is 0.317 e. The van der Waals surface area contributed by atoms with Gasteiger partial charge in [0.2, 0.25) is 0 Å². The number of thiazole rings is 1. The van der Waals surface area contributed by atoms with Crippen molar-refractivity contribution in [1.29, 1.82) is 0 Å². The fraction of sp³-hybridized carbons (Fsp3) is 0.0588. The maximum Gasteiger partial charge on any atom is 0.317 e. The Kier molecular flexibility index (Phi) is 4.51. The summed E-state index contributed by atoms with van der Waals surface area (Å²) in [5.41, 5.74) is 1.75. The predicted octanol–water partition coefficient (Wildman–Crippen LogP) is 4.61. The molecule has 0 amide bonds. The minimum absolute atomic E-state index is 0.135. The molecule has 3 nitrogen and oxygen atoms in total. The van der Waals surface area contributed by atoms with Crippen LogP contribution in [0.2, 0.25) is 5.02 Å². The zero-order chi connectivity index (χ0) is 15.4. The Bertz CT molecular complexity index is 786. The highest BCUT2D eigenvalue weighted by atomic mass is 35.5. The van der Waals surface area contributed by atoms with Crippen LogP contribution in [0.25, 0.3) is 10.6 Å². The van der Waals surface area contributed by atoms with E-state index in [1.807, 2.05) is 35.7 Å². The summed E-state index contributed by atoms with van der Waals surface area (Å²) < 4.78 is 5.26. The molecule has 0 aliphatic heterocycles. The number of hydrogen-bond donors (Lipinski definition) is 0. The lowest BCUT2D eigenvalue weighted by molar-refractivity contribution is -0.133. The van der Waals surface area contributed by atoms with Gasteiger partial charge in [0.1, 0.15) is 10.8 Å². The third-order valence-electron chi connectivity index (χ3n) is 2.93. The number of carbonyl (C=O) groups excluding carboxylic acids is 1. The molecule has 3 rings (SSSR count). The third-order valence-corrected chi connectivity index (χ3v) is 4.10. The first-order valence-corrected chi connectivity index (χ1v) is 7.92. The first-order chi connectivity index (χ1) is 10.7. The van der Waals surface area contributed by atoms with E-state index in [0.717, 1.165) is 10.6 Å². The second-order valence-electron chi connectivity index (χ2n) is 4.62. The molecule has 3 aromatic rings. The van der Waals surface area contributed by atoms with Crippen LogP contribution in [0, 0.1) is 0 Å². The van der Waals surface area contributed by atoms with Crippen molar-refractivity contribution in [1.82, 2.24) is 4.98 Å². The minimum Gasteiger partial charge on any atom is -0.426 e. The molecular formula is C17H12ClNO2S. The third kappa shape index (κ3) is 3.72. The van der Waals surface area contributed by atoms with E-state index >= 15 is 0 Å². The number of hydrogen-bond acceptors (Lipinski definition) is 4. The molecule has 0 aliphatic rings. The van der Waals surface area contributed by atoms with E-state index in [9.17, 15) is 4.79 Å². The number of rotatable bonds is 4. The highest BCUT2D eigenvalue weighted by Gasteiger charge is 2.11. The summed E-state index contributed by atoms with van der Waals surface area (Å²) in [5, 5.41) is 3.30. The average molecular weight is 330 g/mol. The summed E-state index contributed by atoms with van der Waals surface area (Å²) in [6.07, 6.45) is 0.135. The molecule has 0 unspecified atom stereocenters. The maximum absolute atomic E-state index is 11.9. The molecule has 0 saturated carbocycles. The zero-order valence-corrected chi connectivity index (χ0v) is 13.1. The summed E-state index contributed by atoms with van der Waals surface area (Å²) >= 11 is 7.37. The predicted molar refractivity (Wildman–Crippen MR) is 88.3 cm³/mol. The van der Waals surface area contributed by atoms with Crippen LogP contribution in [0.15, 0.2) is 60.0 Å². The van der Waals surface area contributed by atoms with Crippen molar-refractivity contribution < 1.29 is 9.53 Å². The standard InChI is InChI=1S/C17H12ClNO2S/c18-13-7-4-8-15(9-13)21-16(20)10-14-11-22-17(19-14)12-5-2-1-3-6-12/h1-9,11H,10H2. The molecule has 0 spiro atoms. The van der Waals surface area contributed by atoms with Gasteiger partial charge in [-0.3, -0.25) is 4.79 Å². The SMILES string of the molecule is O=C(Cc1csc(-c2ccccc2)n1)Oc1cccc(Cl)c1. The van der Waals surface area contributed by atoms with Crippen molar-refractivity contribution in [2.45, 2.75) is 6.42 Å². The van der Waals surface area contributed by atoms with Crippen LogP contribution < -0.4 is 4.74 Å². The largest absolute Gasteiger partial charge is 0.426 e. The molecule has 0 saturated heterocycles. The summed E-state index contributed by atoms with van der Waals surface area (Å²) in [5.74, 6) is 0.0863. The van der Waals surface area contributed by atoms with E-state index < -0.39 is 0 Å². The number of esters is 1. The molecular weight excluding hydrogens is 318 g/mol. The zero-order valence-electron chi connectivity index (χ0n) is 11.5. The van der Waals surface area contributed by atoms with Gasteiger partial charge in [-0.1, -0.05) is 48.0 Å². The summed E-state index contributed by atoms with van der Waals surface area (Å²) in [6, 6.07) is 16.6. The maximum atomic E-state index is 11.9. The summed E-state index contributed by atoms with van der Waals surface area (Å²) in [7, 11) is 0. The van der Waals surface area contributed by atoms with Crippen LogP contribution in [0.3, 0.4) is 0 Å². The lowest BCUT2D eigenvalue weighted by Crippen LogP contribution is -2.11. The van der Waals surface area contributed by atoms with Crippen molar-refractivity contribution in [2.75, 3.05) is 0 Å². The topological polar surface area (TPSA) is 39.2 Å². The molecule has 0 bridgehead atoms. The Morgan fingerprint density at radius 2 is 1.95 bits per heavy atom. The Morgan fingerprint density at radius 1 is 1.14 bits per heavy atom. The highest BCUT2D eigenvalue weighted by Crippen LogP contribution is 2.24. The fourth-order valence-corrected chi connectivity index (χ4v) is 2.95. The minimum atomic E-state index is -0.354. The van der Waals surface area contributed by atoms with Crippen LogP contribution in [-0.4, -0.2) is 11.0 Å². The molecule has 1 heterocycles. The quantitative estimate of drug-likeness (QED) is 0.518. The van der Waals surface area contributed by atoms with E-state index in [1.165, 1.54) is 11.3 Å². The van der Waals surface area contributed by atoms with Crippen LogP contribution >= 0.6 is 22.9 Å². The van der Waals surface area contributed by atoms with Gasteiger partial charge in [0.25, 0.3) is 0 Å². The summed E-state index contributed by atoms with van der Waals surface area (Å²) in [4.78, 5) is 16.4. The van der Waals surface area contributed by atoms with Crippen molar-refractivity contribution in [3.8, 4) is 16.3 Å². The van der Waals surface area contributed by atoms with Crippen molar-refractivity contribution >= 4 is 28.9 Å². The number of halogens is 1. The molecule has 5 heteroatoms. The van der Waals surface area contributed by atoms with E-state index in [1.54, 1.807) is 24.3 Å². The Balaban J connectivity index is 1.66. The highest BCUT2D eigenvalue weighted by molar-refractivity contribution is 7.13. The van der Waals surface area contributed by atoms with Gasteiger partial charge in [-0.05, 0) is 18.2 Å². The van der Waals surface area contributed by atoms with Crippen molar-refractivity contribution in [3.63, 3.8) is 0 Å². The Labute approximate surface area is 137 Å². The second-order valence-corrected chi connectivity index (χ2v) is 5.91. The molecule has 1 aromatic heterocycles. The molecule has 0 radical (unpaired) electrons. The van der Waals surface area contributed by atoms with Gasteiger partial charge in [0.15, 0.2) is 0 Å². The molecule has 0 N–H and O–H groups in total. The van der Waals surface area contributed by atoms with Crippen molar-refractivity contribution in [3.05, 3.63) is 70.7 Å². The fourth-order valence-electron chi connectivity index (χ4n) is 1.95. The molecule has 22 heavy (non-hydrogen) atoms. The first-order valence-electron chi connectivity index (χ1n) is 6.67. The van der Waals surface area contributed by atoms with Gasteiger partial charge in [-0.25, -0.2) is 4.98 Å². The van der Waals surface area contributed by atoms with Gasteiger partial charge >= 0.3 is 5.97 Å². The van der Waals surface area contributed by atoms with Gasteiger partial charge in [0.05, 0.1) is 12.1 Å². The first kappa shape index (κ1) is 14.8. The Morgan fingerprint density at radius 3 is 2.73 bits per heavy atom. The number of aromatic nitrogens is 1. The number of carbonyl (C=O) groups is 1. The van der Waals surface area contributed by atoms with Gasteiger partial charge in [-0.2, -0.15) is 0 Å². The van der Waals surface area contributed by atoms with Crippen LogP contribution in [0.5, 0.6) is 5.75 Å². The monoisotopic (exact) mass is 329 g/mol. The van der Waals surface area contributed by atoms with Crippen LogP contribution in [-0.2, 0) is 11.2 Å².